The van der Waals surface area contributed by atoms with Gasteiger partial charge in [0.25, 0.3) is 0 Å². The first kappa shape index (κ1) is 15.4. The number of rotatable bonds is 5. The van der Waals surface area contributed by atoms with Crippen molar-refractivity contribution < 1.29 is 13.7 Å². The van der Waals surface area contributed by atoms with Crippen LogP contribution in [0, 0.1) is 13.8 Å². The minimum Gasteiger partial charge on any atom is -0.497 e. The van der Waals surface area contributed by atoms with Crippen molar-refractivity contribution in [3.63, 3.8) is 0 Å². The van der Waals surface area contributed by atoms with Gasteiger partial charge in [0, 0.05) is 10.5 Å². The fraction of sp³-hybridized carbons (Fsp3) is 0.235. The first-order valence-corrected chi connectivity index (χ1v) is 7.96. The van der Waals surface area contributed by atoms with Gasteiger partial charge in [-0.15, -0.1) is 0 Å². The average molecular weight is 302 g/mol. The smallest absolute Gasteiger partial charge is 0.175 e. The maximum Gasteiger partial charge on any atom is 0.175 e. The zero-order valence-corrected chi connectivity index (χ0v) is 13.2. The third-order valence-corrected chi connectivity index (χ3v) is 4.70. The molecule has 3 nitrogen and oxygen atoms in total. The van der Waals surface area contributed by atoms with Crippen molar-refractivity contribution in [3.05, 3.63) is 59.2 Å². The van der Waals surface area contributed by atoms with E-state index >= 15 is 0 Å². The van der Waals surface area contributed by atoms with E-state index in [1.54, 1.807) is 37.4 Å². The molecule has 21 heavy (non-hydrogen) atoms. The third kappa shape index (κ3) is 3.79. The number of hydrogen-bond donors (Lipinski definition) is 0. The quantitative estimate of drug-likeness (QED) is 0.796. The molecule has 0 saturated heterocycles. The number of carbonyl (C=O) groups is 1. The molecule has 0 aliphatic heterocycles. The normalized spacial score (nSPS) is 12.0. The van der Waals surface area contributed by atoms with Crippen LogP contribution >= 0.6 is 0 Å². The van der Waals surface area contributed by atoms with Gasteiger partial charge in [0.15, 0.2) is 5.78 Å². The van der Waals surface area contributed by atoms with Crippen LogP contribution in [0.5, 0.6) is 5.75 Å². The highest BCUT2D eigenvalue weighted by Gasteiger charge is 2.13. The second-order valence-corrected chi connectivity index (χ2v) is 6.34. The van der Waals surface area contributed by atoms with Crippen molar-refractivity contribution >= 4 is 16.6 Å². The Morgan fingerprint density at radius 3 is 2.52 bits per heavy atom. The van der Waals surface area contributed by atoms with E-state index in [0.29, 0.717) is 16.2 Å². The van der Waals surface area contributed by atoms with Crippen molar-refractivity contribution in [1.29, 1.82) is 0 Å². The molecule has 0 aromatic heterocycles. The first-order valence-electron chi connectivity index (χ1n) is 6.64. The molecule has 0 N–H and O–H groups in total. The van der Waals surface area contributed by atoms with Gasteiger partial charge < -0.3 is 4.74 Å². The van der Waals surface area contributed by atoms with E-state index in [4.69, 9.17) is 4.74 Å². The van der Waals surface area contributed by atoms with Crippen LogP contribution < -0.4 is 4.74 Å². The fourth-order valence-corrected chi connectivity index (χ4v) is 2.99. The summed E-state index contributed by atoms with van der Waals surface area (Å²) in [5.74, 6) is 0.508. The number of aryl methyl sites for hydroxylation is 2. The number of carbonyl (C=O) groups excluding carboxylic acids is 1. The lowest BCUT2D eigenvalue weighted by atomic mass is 10.0. The number of methoxy groups -OCH3 is 1. The lowest BCUT2D eigenvalue weighted by Gasteiger charge is -2.06. The molecule has 110 valence electrons. The van der Waals surface area contributed by atoms with Crippen LogP contribution in [0.15, 0.2) is 47.4 Å². The van der Waals surface area contributed by atoms with Gasteiger partial charge in [-0.25, -0.2) is 0 Å². The molecule has 0 aliphatic rings. The summed E-state index contributed by atoms with van der Waals surface area (Å²) in [6, 6.07) is 12.5. The summed E-state index contributed by atoms with van der Waals surface area (Å²) < 4.78 is 17.4. The number of Topliss-reactive ketones (excluding diaryl/α,β-unsaturated/α-hetero) is 1. The molecule has 0 aliphatic carbocycles. The molecule has 0 radical (unpaired) electrons. The highest BCUT2D eigenvalue weighted by molar-refractivity contribution is 7.85. The second kappa shape index (κ2) is 6.68. The Bertz CT molecular complexity index is 692. The van der Waals surface area contributed by atoms with Crippen molar-refractivity contribution in [2.75, 3.05) is 12.9 Å². The van der Waals surface area contributed by atoms with Gasteiger partial charge in [0.05, 0.1) is 23.7 Å². The summed E-state index contributed by atoms with van der Waals surface area (Å²) in [6.07, 6.45) is 0. The SMILES string of the molecule is COc1cccc(S(=O)CC(=O)c2ccc(C)c(C)c2)c1. The highest BCUT2D eigenvalue weighted by atomic mass is 32.2. The Hall–Kier alpha value is -1.94. The molecule has 0 fully saturated rings. The van der Waals surface area contributed by atoms with Gasteiger partial charge in [0.1, 0.15) is 5.75 Å². The van der Waals surface area contributed by atoms with Crippen LogP contribution in [0.25, 0.3) is 0 Å². The van der Waals surface area contributed by atoms with Crippen LogP contribution in [-0.2, 0) is 10.8 Å². The van der Waals surface area contributed by atoms with E-state index in [1.165, 1.54) is 0 Å². The lowest BCUT2D eigenvalue weighted by molar-refractivity contribution is 0.102. The molecular formula is C17H18O3S. The van der Waals surface area contributed by atoms with Crippen LogP contribution in [0.1, 0.15) is 21.5 Å². The van der Waals surface area contributed by atoms with Gasteiger partial charge in [-0.2, -0.15) is 0 Å². The first-order chi connectivity index (χ1) is 10.0. The van der Waals surface area contributed by atoms with E-state index < -0.39 is 10.8 Å². The minimum absolute atomic E-state index is 0.0182. The summed E-state index contributed by atoms with van der Waals surface area (Å²) in [7, 11) is 0.190. The van der Waals surface area contributed by atoms with E-state index in [2.05, 4.69) is 0 Å². The summed E-state index contributed by atoms with van der Waals surface area (Å²) in [4.78, 5) is 12.8. The Labute approximate surface area is 127 Å². The average Bonchev–Trinajstić information content (AvgIpc) is 2.49. The maximum absolute atomic E-state index is 12.3. The zero-order valence-electron chi connectivity index (χ0n) is 12.4. The highest BCUT2D eigenvalue weighted by Crippen LogP contribution is 2.17. The summed E-state index contributed by atoms with van der Waals surface area (Å²) in [5, 5.41) is 0. The van der Waals surface area contributed by atoms with Crippen LogP contribution in [0.3, 0.4) is 0 Å². The predicted molar refractivity (Wildman–Crippen MR) is 84.5 cm³/mol. The Balaban J connectivity index is 2.14. The Morgan fingerprint density at radius 1 is 1.10 bits per heavy atom. The molecule has 0 amide bonds. The van der Waals surface area contributed by atoms with Crippen LogP contribution in [0.4, 0.5) is 0 Å². The molecule has 2 aromatic carbocycles. The zero-order chi connectivity index (χ0) is 15.4. The van der Waals surface area contributed by atoms with E-state index in [0.717, 1.165) is 11.1 Å². The van der Waals surface area contributed by atoms with Gasteiger partial charge >= 0.3 is 0 Å². The lowest BCUT2D eigenvalue weighted by Crippen LogP contribution is -2.11. The number of ether oxygens (including phenoxy) is 1. The van der Waals surface area contributed by atoms with Crippen molar-refractivity contribution in [2.24, 2.45) is 0 Å². The molecule has 1 atom stereocenters. The van der Waals surface area contributed by atoms with Crippen LogP contribution in [-0.4, -0.2) is 22.9 Å². The molecular weight excluding hydrogens is 284 g/mol. The van der Waals surface area contributed by atoms with E-state index in [-0.39, 0.29) is 11.5 Å². The largest absolute Gasteiger partial charge is 0.497 e. The van der Waals surface area contributed by atoms with Crippen LogP contribution in [0.2, 0.25) is 0 Å². The molecule has 4 heteroatoms. The number of benzene rings is 2. The topological polar surface area (TPSA) is 43.4 Å². The molecule has 0 bridgehead atoms. The minimum atomic E-state index is -1.37. The van der Waals surface area contributed by atoms with Crippen molar-refractivity contribution in [1.82, 2.24) is 0 Å². The Kier molecular flexibility index (Phi) is 4.91. The van der Waals surface area contributed by atoms with Crippen molar-refractivity contribution in [3.8, 4) is 5.75 Å². The van der Waals surface area contributed by atoms with Crippen molar-refractivity contribution in [2.45, 2.75) is 18.7 Å². The standard InChI is InChI=1S/C17H18O3S/c1-12-7-8-14(9-13(12)2)17(18)11-21(19)16-6-4-5-15(10-16)20-3/h4-10H,11H2,1-3H3. The van der Waals surface area contributed by atoms with E-state index in [9.17, 15) is 9.00 Å². The molecule has 1 unspecified atom stereocenters. The Morgan fingerprint density at radius 2 is 1.86 bits per heavy atom. The number of hydrogen-bond acceptors (Lipinski definition) is 3. The summed E-state index contributed by atoms with van der Waals surface area (Å²) in [5.41, 5.74) is 2.81. The van der Waals surface area contributed by atoms with Gasteiger partial charge in [-0.3, -0.25) is 9.00 Å². The molecule has 2 rings (SSSR count). The second-order valence-electron chi connectivity index (χ2n) is 4.89. The fourth-order valence-electron chi connectivity index (χ4n) is 1.94. The van der Waals surface area contributed by atoms with E-state index in [1.807, 2.05) is 26.0 Å². The molecule has 2 aromatic rings. The van der Waals surface area contributed by atoms with Gasteiger partial charge in [-0.1, -0.05) is 18.2 Å². The molecule has 0 spiro atoms. The summed E-state index contributed by atoms with van der Waals surface area (Å²) >= 11 is 0. The number of ketones is 1. The summed E-state index contributed by atoms with van der Waals surface area (Å²) in [6.45, 7) is 3.96. The monoisotopic (exact) mass is 302 g/mol. The molecule has 0 saturated carbocycles. The van der Waals surface area contributed by atoms with Gasteiger partial charge in [-0.05, 0) is 49.2 Å². The molecule has 0 heterocycles. The maximum atomic E-state index is 12.3. The third-order valence-electron chi connectivity index (χ3n) is 3.40. The van der Waals surface area contributed by atoms with Gasteiger partial charge in [0.2, 0.25) is 0 Å². The predicted octanol–water partition coefficient (Wildman–Crippen LogP) is 3.30.